The van der Waals surface area contributed by atoms with Crippen molar-refractivity contribution >= 4 is 11.6 Å². The molecule has 3 atom stereocenters. The van der Waals surface area contributed by atoms with Crippen LogP contribution in [0.4, 0.5) is 4.79 Å². The van der Waals surface area contributed by atoms with Gasteiger partial charge < -0.3 is 15.3 Å². The van der Waals surface area contributed by atoms with Gasteiger partial charge in [0.15, 0.2) is 0 Å². The number of aliphatic hydroxyl groups excluding tert-OH is 1. The Morgan fingerprint density at radius 2 is 1.90 bits per heavy atom. The summed E-state index contributed by atoms with van der Waals surface area (Å²) in [5.41, 5.74) is 3.67. The molecule has 29 heavy (non-hydrogen) atoms. The van der Waals surface area contributed by atoms with Crippen LogP contribution in [0.15, 0.2) is 30.3 Å². The molecule has 1 saturated carbocycles. The van der Waals surface area contributed by atoms with Crippen molar-refractivity contribution in [2.75, 3.05) is 6.61 Å². The smallest absolute Gasteiger partial charge is 0.319 e. The van der Waals surface area contributed by atoms with E-state index in [-0.39, 0.29) is 30.6 Å². The first-order chi connectivity index (χ1) is 14.2. The van der Waals surface area contributed by atoms with Crippen LogP contribution in [0.3, 0.4) is 0 Å². The highest BCUT2D eigenvalue weighted by Crippen LogP contribution is 2.41. The Labute approximate surface area is 173 Å². The lowest BCUT2D eigenvalue weighted by atomic mass is 9.75. The maximum absolute atomic E-state index is 12.8. The van der Waals surface area contributed by atoms with Crippen LogP contribution >= 0.6 is 0 Å². The zero-order valence-corrected chi connectivity index (χ0v) is 17.0. The molecule has 2 N–H and O–H groups in total. The van der Waals surface area contributed by atoms with Gasteiger partial charge in [0.05, 0.1) is 18.7 Å². The van der Waals surface area contributed by atoms with Gasteiger partial charge in [-0.05, 0) is 55.2 Å². The molecule has 1 saturated heterocycles. The molecule has 2 aliphatic carbocycles. The molecule has 154 valence electrons. The van der Waals surface area contributed by atoms with Crippen LogP contribution in [0.2, 0.25) is 0 Å². The Hall–Kier alpha value is -2.32. The number of rotatable bonds is 4. The minimum Gasteiger partial charge on any atom is -0.394 e. The van der Waals surface area contributed by atoms with Crippen LogP contribution in [-0.2, 0) is 0 Å². The predicted octanol–water partition coefficient (Wildman–Crippen LogP) is 4.34. The second-order valence-electron chi connectivity index (χ2n) is 8.64. The number of allylic oxidation sites excluding steroid dienone is 2. The van der Waals surface area contributed by atoms with E-state index in [1.54, 1.807) is 4.90 Å². The molecule has 5 heteroatoms. The number of hydrogen-bond donors (Lipinski definition) is 2. The predicted molar refractivity (Wildman–Crippen MR) is 113 cm³/mol. The number of amides is 2. The molecule has 5 nitrogen and oxygen atoms in total. The van der Waals surface area contributed by atoms with Gasteiger partial charge in [0.25, 0.3) is 0 Å². The number of nitriles is 1. The summed E-state index contributed by atoms with van der Waals surface area (Å²) in [4.78, 5) is 14.4. The number of aliphatic hydroxyl groups is 1. The quantitative estimate of drug-likeness (QED) is 0.799. The van der Waals surface area contributed by atoms with Gasteiger partial charge in [-0.2, -0.15) is 5.26 Å². The van der Waals surface area contributed by atoms with Crippen molar-refractivity contribution in [3.8, 4) is 6.07 Å². The second-order valence-corrected chi connectivity index (χ2v) is 8.64. The van der Waals surface area contributed by atoms with Gasteiger partial charge in [-0.1, -0.05) is 49.6 Å². The Balaban J connectivity index is 1.47. The number of benzene rings is 1. The standard InChI is InChI=1S/C24H31N3O2/c25-15-21-23(19-13-11-18(12-14-19)17-7-3-1-4-8-17)22(16-28)27(21)24(29)26-20-9-5-2-6-10-20/h7,11-14,20-23,28H,1-6,8-10,16H2,(H,26,29)/t21-,22-,23+/m0/s1. The molecule has 1 aromatic carbocycles. The highest BCUT2D eigenvalue weighted by atomic mass is 16.3. The molecule has 2 fully saturated rings. The number of urea groups is 1. The summed E-state index contributed by atoms with van der Waals surface area (Å²) >= 11 is 0. The van der Waals surface area contributed by atoms with Crippen molar-refractivity contribution in [3.63, 3.8) is 0 Å². The summed E-state index contributed by atoms with van der Waals surface area (Å²) in [6, 6.07) is 9.80. The van der Waals surface area contributed by atoms with Crippen molar-refractivity contribution < 1.29 is 9.90 Å². The molecule has 1 aliphatic heterocycles. The van der Waals surface area contributed by atoms with Gasteiger partial charge >= 0.3 is 6.03 Å². The summed E-state index contributed by atoms with van der Waals surface area (Å²) in [5, 5.41) is 22.8. The van der Waals surface area contributed by atoms with Crippen LogP contribution in [0.1, 0.15) is 74.8 Å². The van der Waals surface area contributed by atoms with Crippen LogP contribution < -0.4 is 5.32 Å². The topological polar surface area (TPSA) is 76.4 Å². The third-order valence-corrected chi connectivity index (χ3v) is 6.86. The average molecular weight is 394 g/mol. The first-order valence-electron chi connectivity index (χ1n) is 11.1. The summed E-state index contributed by atoms with van der Waals surface area (Å²) in [6.07, 6.45) is 12.6. The number of carbonyl (C=O) groups is 1. The van der Waals surface area contributed by atoms with E-state index >= 15 is 0 Å². The maximum Gasteiger partial charge on any atom is 0.319 e. The van der Waals surface area contributed by atoms with Crippen LogP contribution in [0, 0.1) is 11.3 Å². The van der Waals surface area contributed by atoms with E-state index < -0.39 is 6.04 Å². The SMILES string of the molecule is N#C[C@H]1[C@@H](c2ccc(C3=CCCCC3)cc2)[C@H](CO)N1C(=O)NC1CCCCC1. The lowest BCUT2D eigenvalue weighted by Gasteiger charge is -2.51. The van der Waals surface area contributed by atoms with Crippen molar-refractivity contribution in [2.24, 2.45) is 0 Å². The molecule has 0 aromatic heterocycles. The third kappa shape index (κ3) is 4.04. The summed E-state index contributed by atoms with van der Waals surface area (Å²) in [5.74, 6) is -0.142. The molecule has 1 aromatic rings. The fraction of sp³-hybridized carbons (Fsp3) is 0.583. The van der Waals surface area contributed by atoms with Gasteiger partial charge in [-0.3, -0.25) is 0 Å². The Morgan fingerprint density at radius 1 is 1.14 bits per heavy atom. The average Bonchev–Trinajstić information content (AvgIpc) is 2.75. The monoisotopic (exact) mass is 393 g/mol. The fourth-order valence-corrected chi connectivity index (χ4v) is 5.20. The summed E-state index contributed by atoms with van der Waals surface area (Å²) < 4.78 is 0. The molecule has 2 amide bonds. The van der Waals surface area contributed by atoms with Crippen molar-refractivity contribution in [1.82, 2.24) is 10.2 Å². The number of nitrogens with one attached hydrogen (secondary N) is 1. The highest BCUT2D eigenvalue weighted by Gasteiger charge is 2.52. The summed E-state index contributed by atoms with van der Waals surface area (Å²) in [7, 11) is 0. The second kappa shape index (κ2) is 9.00. The van der Waals surface area contributed by atoms with E-state index in [9.17, 15) is 15.2 Å². The van der Waals surface area contributed by atoms with Gasteiger partial charge in [-0.25, -0.2) is 4.79 Å². The molecule has 0 unspecified atom stereocenters. The molecule has 0 spiro atoms. The Morgan fingerprint density at radius 3 is 2.52 bits per heavy atom. The molecular formula is C24H31N3O2. The molecular weight excluding hydrogens is 362 g/mol. The van der Waals surface area contributed by atoms with Crippen LogP contribution in [0.25, 0.3) is 5.57 Å². The van der Waals surface area contributed by atoms with Crippen molar-refractivity contribution in [2.45, 2.75) is 81.8 Å². The highest BCUT2D eigenvalue weighted by molar-refractivity contribution is 5.78. The van der Waals surface area contributed by atoms with E-state index in [1.807, 2.05) is 0 Å². The first kappa shape index (κ1) is 20.0. The third-order valence-electron chi connectivity index (χ3n) is 6.86. The van der Waals surface area contributed by atoms with Crippen molar-refractivity contribution in [3.05, 3.63) is 41.5 Å². The minimum absolute atomic E-state index is 0.131. The van der Waals surface area contributed by atoms with E-state index in [2.05, 4.69) is 41.7 Å². The van der Waals surface area contributed by atoms with Crippen molar-refractivity contribution in [1.29, 1.82) is 5.26 Å². The number of likely N-dealkylation sites (tertiary alicyclic amines) is 1. The number of nitrogens with zero attached hydrogens (tertiary/aromatic N) is 2. The normalized spacial score (nSPS) is 27.5. The number of carbonyl (C=O) groups excluding carboxylic acids is 1. The zero-order chi connectivity index (χ0) is 20.2. The van der Waals surface area contributed by atoms with Gasteiger partial charge in [-0.15, -0.1) is 0 Å². The van der Waals surface area contributed by atoms with Gasteiger partial charge in [0, 0.05) is 12.0 Å². The Kier molecular flexibility index (Phi) is 6.20. The van der Waals surface area contributed by atoms with Crippen LogP contribution in [-0.4, -0.2) is 40.8 Å². The van der Waals surface area contributed by atoms with Gasteiger partial charge in [0.2, 0.25) is 0 Å². The lowest BCUT2D eigenvalue weighted by molar-refractivity contribution is 0.0153. The van der Waals surface area contributed by atoms with Crippen LogP contribution in [0.5, 0.6) is 0 Å². The van der Waals surface area contributed by atoms with E-state index in [0.29, 0.717) is 0 Å². The summed E-state index contributed by atoms with van der Waals surface area (Å²) in [6.45, 7) is -0.131. The van der Waals surface area contributed by atoms with E-state index in [4.69, 9.17) is 0 Å². The first-order valence-corrected chi connectivity index (χ1v) is 11.1. The largest absolute Gasteiger partial charge is 0.394 e. The number of hydrogen-bond acceptors (Lipinski definition) is 3. The lowest BCUT2D eigenvalue weighted by Crippen LogP contribution is -2.67. The molecule has 0 radical (unpaired) electrons. The molecule has 0 bridgehead atoms. The zero-order valence-electron chi connectivity index (χ0n) is 17.0. The molecule has 4 rings (SSSR count). The van der Waals surface area contributed by atoms with E-state index in [1.165, 1.54) is 30.4 Å². The molecule has 3 aliphatic rings. The fourth-order valence-electron chi connectivity index (χ4n) is 5.20. The van der Waals surface area contributed by atoms with Gasteiger partial charge in [0.1, 0.15) is 6.04 Å². The minimum atomic E-state index is -0.532. The maximum atomic E-state index is 12.8. The van der Waals surface area contributed by atoms with E-state index in [0.717, 1.165) is 44.1 Å². The Bertz CT molecular complexity index is 789. The molecule has 1 heterocycles.